The van der Waals surface area contributed by atoms with Gasteiger partial charge in [0.15, 0.2) is 0 Å². The number of aromatic nitrogens is 1. The number of para-hydroxylation sites is 1. The molecule has 2 rings (SSSR count). The summed E-state index contributed by atoms with van der Waals surface area (Å²) < 4.78 is 5.81. The van der Waals surface area contributed by atoms with E-state index in [4.69, 9.17) is 21.4 Å². The summed E-state index contributed by atoms with van der Waals surface area (Å²) in [6, 6.07) is 7.34. The lowest BCUT2D eigenvalue weighted by atomic mass is 10.1. The van der Waals surface area contributed by atoms with E-state index in [0.717, 1.165) is 17.2 Å². The number of aliphatic carboxylic acids is 1. The van der Waals surface area contributed by atoms with Crippen LogP contribution in [0, 0.1) is 6.92 Å². The summed E-state index contributed by atoms with van der Waals surface area (Å²) in [5.74, 6) is -0.359. The third-order valence-electron chi connectivity index (χ3n) is 2.88. The van der Waals surface area contributed by atoms with E-state index in [0.29, 0.717) is 22.9 Å². The highest BCUT2D eigenvalue weighted by Crippen LogP contribution is 2.26. The number of hydrogen-bond acceptors (Lipinski definition) is 3. The quantitative estimate of drug-likeness (QED) is 0.855. The Kier molecular flexibility index (Phi) is 4.95. The molecule has 1 N–H and O–H groups in total. The summed E-state index contributed by atoms with van der Waals surface area (Å²) >= 11 is 6.04. The van der Waals surface area contributed by atoms with Gasteiger partial charge in [0, 0.05) is 29.6 Å². The summed E-state index contributed by atoms with van der Waals surface area (Å²) in [4.78, 5) is 14.6. The lowest BCUT2D eigenvalue weighted by molar-refractivity contribution is -0.131. The molecule has 0 atom stereocenters. The van der Waals surface area contributed by atoms with Gasteiger partial charge in [-0.3, -0.25) is 4.98 Å². The minimum Gasteiger partial charge on any atom is -0.488 e. The third-order valence-corrected chi connectivity index (χ3v) is 3.22. The molecule has 2 aromatic rings. The number of benzene rings is 1. The second-order valence-corrected chi connectivity index (χ2v) is 4.83. The van der Waals surface area contributed by atoms with Gasteiger partial charge < -0.3 is 9.84 Å². The molecule has 0 radical (unpaired) electrons. The van der Waals surface area contributed by atoms with Crippen LogP contribution in [-0.2, 0) is 11.4 Å². The molecule has 5 heteroatoms. The Labute approximate surface area is 127 Å². The fourth-order valence-electron chi connectivity index (χ4n) is 1.84. The molecule has 0 aliphatic carbocycles. The number of carbonyl (C=O) groups is 1. The topological polar surface area (TPSA) is 59.4 Å². The number of nitrogens with zero attached hydrogens (tertiary/aromatic N) is 1. The highest BCUT2D eigenvalue weighted by Gasteiger charge is 2.07. The van der Waals surface area contributed by atoms with Crippen molar-refractivity contribution >= 4 is 23.6 Å². The number of pyridine rings is 1. The van der Waals surface area contributed by atoms with Crippen molar-refractivity contribution in [2.75, 3.05) is 0 Å². The molecule has 0 amide bonds. The maximum absolute atomic E-state index is 10.6. The van der Waals surface area contributed by atoms with Gasteiger partial charge in [0.05, 0.1) is 5.02 Å². The second-order valence-electron chi connectivity index (χ2n) is 4.42. The summed E-state index contributed by atoms with van der Waals surface area (Å²) in [6.45, 7) is 2.20. The smallest absolute Gasteiger partial charge is 0.328 e. The zero-order valence-corrected chi connectivity index (χ0v) is 12.2. The molecule has 0 unspecified atom stereocenters. The van der Waals surface area contributed by atoms with Crippen molar-refractivity contribution in [1.29, 1.82) is 0 Å². The maximum atomic E-state index is 10.6. The van der Waals surface area contributed by atoms with Crippen LogP contribution < -0.4 is 4.74 Å². The minimum absolute atomic E-state index is 0.292. The fourth-order valence-corrected chi connectivity index (χ4v) is 2.01. The van der Waals surface area contributed by atoms with Gasteiger partial charge in [-0.1, -0.05) is 29.8 Å². The van der Waals surface area contributed by atoms with E-state index in [9.17, 15) is 4.79 Å². The summed E-state index contributed by atoms with van der Waals surface area (Å²) in [5.41, 5.74) is 2.46. The Bertz CT molecular complexity index is 683. The Hall–Kier alpha value is -2.33. The molecule has 0 aliphatic rings. The monoisotopic (exact) mass is 303 g/mol. The molecule has 1 aromatic carbocycles. The number of aryl methyl sites for hydroxylation is 1. The average Bonchev–Trinajstić information content (AvgIpc) is 2.45. The standard InChI is InChI=1S/C16H14ClNO3/c1-11-3-2-4-12(5-6-15(19)20)16(11)21-10-13-7-8-18-9-14(13)17/h2-9H,10H2,1H3,(H,19,20)/b6-5+. The van der Waals surface area contributed by atoms with Crippen LogP contribution in [0.15, 0.2) is 42.7 Å². The Morgan fingerprint density at radius 1 is 1.43 bits per heavy atom. The normalized spacial score (nSPS) is 10.8. The largest absolute Gasteiger partial charge is 0.488 e. The molecule has 4 nitrogen and oxygen atoms in total. The van der Waals surface area contributed by atoms with Gasteiger partial charge in [-0.2, -0.15) is 0 Å². The number of rotatable bonds is 5. The zero-order chi connectivity index (χ0) is 15.2. The fraction of sp³-hybridized carbons (Fsp3) is 0.125. The molecular formula is C16H14ClNO3. The molecule has 1 heterocycles. The molecule has 108 valence electrons. The van der Waals surface area contributed by atoms with Crippen LogP contribution in [0.2, 0.25) is 5.02 Å². The Balaban J connectivity index is 2.23. The van der Waals surface area contributed by atoms with Crippen LogP contribution in [0.3, 0.4) is 0 Å². The average molecular weight is 304 g/mol. The third kappa shape index (κ3) is 4.07. The van der Waals surface area contributed by atoms with Gasteiger partial charge in [0.1, 0.15) is 12.4 Å². The highest BCUT2D eigenvalue weighted by molar-refractivity contribution is 6.31. The highest BCUT2D eigenvalue weighted by atomic mass is 35.5. The predicted molar refractivity (Wildman–Crippen MR) is 81.4 cm³/mol. The summed E-state index contributed by atoms with van der Waals surface area (Å²) in [5, 5.41) is 9.26. The SMILES string of the molecule is Cc1cccc(/C=C/C(=O)O)c1OCc1ccncc1Cl. The lowest BCUT2D eigenvalue weighted by Gasteiger charge is -2.12. The van der Waals surface area contributed by atoms with Gasteiger partial charge in [-0.15, -0.1) is 0 Å². The molecule has 0 aliphatic heterocycles. The minimum atomic E-state index is -1.00. The predicted octanol–water partition coefficient (Wildman–Crippen LogP) is 3.72. The molecule has 1 aromatic heterocycles. The van der Waals surface area contributed by atoms with E-state index in [2.05, 4.69) is 4.98 Å². The van der Waals surface area contributed by atoms with Gasteiger partial charge in [0.25, 0.3) is 0 Å². The van der Waals surface area contributed by atoms with Gasteiger partial charge in [-0.25, -0.2) is 4.79 Å². The van der Waals surface area contributed by atoms with E-state index in [1.165, 1.54) is 6.08 Å². The number of hydrogen-bond donors (Lipinski definition) is 1. The Morgan fingerprint density at radius 2 is 2.24 bits per heavy atom. The summed E-state index contributed by atoms with van der Waals surface area (Å²) in [6.07, 6.45) is 5.80. The molecule has 21 heavy (non-hydrogen) atoms. The van der Waals surface area contributed by atoms with Crippen LogP contribution >= 0.6 is 11.6 Å². The van der Waals surface area contributed by atoms with Crippen LogP contribution in [0.4, 0.5) is 0 Å². The van der Waals surface area contributed by atoms with E-state index < -0.39 is 5.97 Å². The van der Waals surface area contributed by atoms with Crippen molar-refractivity contribution in [3.8, 4) is 5.75 Å². The van der Waals surface area contributed by atoms with Crippen LogP contribution in [0.1, 0.15) is 16.7 Å². The Morgan fingerprint density at radius 3 is 2.95 bits per heavy atom. The molecule has 0 saturated heterocycles. The van der Waals surface area contributed by atoms with Crippen LogP contribution in [-0.4, -0.2) is 16.1 Å². The van der Waals surface area contributed by atoms with E-state index in [-0.39, 0.29) is 0 Å². The first kappa shape index (κ1) is 15.1. The molecule has 0 bridgehead atoms. The van der Waals surface area contributed by atoms with Crippen molar-refractivity contribution < 1.29 is 14.6 Å². The van der Waals surface area contributed by atoms with Gasteiger partial charge in [-0.05, 0) is 24.6 Å². The van der Waals surface area contributed by atoms with E-state index >= 15 is 0 Å². The second kappa shape index (κ2) is 6.90. The van der Waals surface area contributed by atoms with Crippen LogP contribution in [0.5, 0.6) is 5.75 Å². The summed E-state index contributed by atoms with van der Waals surface area (Å²) in [7, 11) is 0. The number of carboxylic acid groups (broad SMARTS) is 1. The van der Waals surface area contributed by atoms with Crippen molar-refractivity contribution in [3.05, 3.63) is 64.4 Å². The van der Waals surface area contributed by atoms with Crippen molar-refractivity contribution in [2.45, 2.75) is 13.5 Å². The van der Waals surface area contributed by atoms with Crippen molar-refractivity contribution in [2.24, 2.45) is 0 Å². The number of carboxylic acids is 1. The zero-order valence-electron chi connectivity index (χ0n) is 11.4. The number of ether oxygens (including phenoxy) is 1. The number of halogens is 1. The van der Waals surface area contributed by atoms with Crippen molar-refractivity contribution in [3.63, 3.8) is 0 Å². The maximum Gasteiger partial charge on any atom is 0.328 e. The molecule has 0 fully saturated rings. The lowest BCUT2D eigenvalue weighted by Crippen LogP contribution is -2.00. The first-order chi connectivity index (χ1) is 10.1. The van der Waals surface area contributed by atoms with E-state index in [1.54, 1.807) is 24.5 Å². The van der Waals surface area contributed by atoms with Crippen LogP contribution in [0.25, 0.3) is 6.08 Å². The van der Waals surface area contributed by atoms with E-state index in [1.807, 2.05) is 19.1 Å². The van der Waals surface area contributed by atoms with Gasteiger partial charge >= 0.3 is 5.97 Å². The van der Waals surface area contributed by atoms with Gasteiger partial charge in [0.2, 0.25) is 0 Å². The molecular weight excluding hydrogens is 290 g/mol. The molecule has 0 saturated carbocycles. The first-order valence-corrected chi connectivity index (χ1v) is 6.67. The molecule has 0 spiro atoms. The van der Waals surface area contributed by atoms with Crippen molar-refractivity contribution in [1.82, 2.24) is 4.98 Å². The first-order valence-electron chi connectivity index (χ1n) is 6.29.